The van der Waals surface area contributed by atoms with Gasteiger partial charge >= 0.3 is 0 Å². The third-order valence-corrected chi connectivity index (χ3v) is 3.10. The molecule has 1 heterocycles. The van der Waals surface area contributed by atoms with E-state index >= 15 is 0 Å². The van der Waals surface area contributed by atoms with Crippen LogP contribution in [0.3, 0.4) is 0 Å². The Labute approximate surface area is 104 Å². The first-order chi connectivity index (χ1) is 8.08. The van der Waals surface area contributed by atoms with E-state index < -0.39 is 0 Å². The van der Waals surface area contributed by atoms with E-state index in [0.29, 0.717) is 5.92 Å². The molecule has 0 unspecified atom stereocenters. The maximum Gasteiger partial charge on any atom is 0.0303 e. The van der Waals surface area contributed by atoms with Crippen LogP contribution < -0.4 is 0 Å². The van der Waals surface area contributed by atoms with Gasteiger partial charge in [-0.25, -0.2) is 0 Å². The van der Waals surface area contributed by atoms with E-state index in [1.165, 1.54) is 27.8 Å². The number of aromatic nitrogens is 1. The molecule has 1 nitrogen and oxygen atoms in total. The molecule has 1 aromatic carbocycles. The Morgan fingerprint density at radius 3 is 2.47 bits per heavy atom. The average molecular weight is 225 g/mol. The van der Waals surface area contributed by atoms with Crippen molar-refractivity contribution in [1.29, 1.82) is 0 Å². The smallest absolute Gasteiger partial charge is 0.0303 e. The summed E-state index contributed by atoms with van der Waals surface area (Å²) < 4.78 is 0. The summed E-state index contributed by atoms with van der Waals surface area (Å²) in [5, 5.41) is 0. The molecule has 0 radical (unpaired) electrons. The summed E-state index contributed by atoms with van der Waals surface area (Å²) >= 11 is 0. The Balaban J connectivity index is 2.56. The largest absolute Gasteiger partial charge is 0.264 e. The minimum Gasteiger partial charge on any atom is -0.264 e. The minimum atomic E-state index is 0.566. The van der Waals surface area contributed by atoms with Crippen molar-refractivity contribution in [3.8, 4) is 11.1 Å². The molecule has 0 spiro atoms. The highest BCUT2D eigenvalue weighted by molar-refractivity contribution is 5.68. The van der Waals surface area contributed by atoms with Gasteiger partial charge in [-0.2, -0.15) is 0 Å². The lowest BCUT2D eigenvalue weighted by atomic mass is 9.94. The first-order valence-corrected chi connectivity index (χ1v) is 6.10. The Morgan fingerprint density at radius 1 is 1.06 bits per heavy atom. The SMILES string of the molecule is Cc1cc(-c2ccncc2C)cc(C(C)C)c1. The molecule has 0 aliphatic rings. The second kappa shape index (κ2) is 4.70. The van der Waals surface area contributed by atoms with Crippen molar-refractivity contribution in [3.05, 3.63) is 53.3 Å². The molecule has 0 aliphatic heterocycles. The van der Waals surface area contributed by atoms with E-state index in [4.69, 9.17) is 0 Å². The van der Waals surface area contributed by atoms with Crippen LogP contribution in [0.15, 0.2) is 36.7 Å². The number of hydrogen-bond acceptors (Lipinski definition) is 1. The summed E-state index contributed by atoms with van der Waals surface area (Å²) in [7, 11) is 0. The fourth-order valence-electron chi connectivity index (χ4n) is 2.10. The highest BCUT2D eigenvalue weighted by Crippen LogP contribution is 2.27. The molecule has 0 bridgehead atoms. The van der Waals surface area contributed by atoms with Gasteiger partial charge in [-0.05, 0) is 48.1 Å². The van der Waals surface area contributed by atoms with Gasteiger partial charge in [0, 0.05) is 12.4 Å². The molecule has 0 amide bonds. The van der Waals surface area contributed by atoms with Crippen LogP contribution >= 0.6 is 0 Å². The van der Waals surface area contributed by atoms with Gasteiger partial charge < -0.3 is 0 Å². The van der Waals surface area contributed by atoms with E-state index in [-0.39, 0.29) is 0 Å². The quantitative estimate of drug-likeness (QED) is 0.734. The van der Waals surface area contributed by atoms with Crippen molar-refractivity contribution < 1.29 is 0 Å². The predicted octanol–water partition coefficient (Wildman–Crippen LogP) is 4.49. The van der Waals surface area contributed by atoms with Crippen LogP contribution in [0, 0.1) is 13.8 Å². The third kappa shape index (κ3) is 2.55. The second-order valence-corrected chi connectivity index (χ2v) is 4.98. The van der Waals surface area contributed by atoms with Gasteiger partial charge in [-0.15, -0.1) is 0 Å². The molecule has 0 N–H and O–H groups in total. The lowest BCUT2D eigenvalue weighted by molar-refractivity contribution is 0.865. The maximum absolute atomic E-state index is 4.15. The lowest BCUT2D eigenvalue weighted by Crippen LogP contribution is -1.92. The fraction of sp³-hybridized carbons (Fsp3) is 0.312. The second-order valence-electron chi connectivity index (χ2n) is 4.98. The number of rotatable bonds is 2. The first kappa shape index (κ1) is 11.8. The summed E-state index contributed by atoms with van der Waals surface area (Å²) in [4.78, 5) is 4.15. The van der Waals surface area contributed by atoms with Gasteiger partial charge in [0.15, 0.2) is 0 Å². The Bertz CT molecular complexity index is 527. The molecule has 2 aromatic rings. The predicted molar refractivity (Wildman–Crippen MR) is 73.2 cm³/mol. The Hall–Kier alpha value is -1.63. The van der Waals surface area contributed by atoms with Crippen LogP contribution in [0.1, 0.15) is 36.5 Å². The van der Waals surface area contributed by atoms with Crippen LogP contribution in [0.2, 0.25) is 0 Å². The molecular formula is C16H19N. The average Bonchev–Trinajstić information content (AvgIpc) is 2.28. The highest BCUT2D eigenvalue weighted by Gasteiger charge is 2.06. The van der Waals surface area contributed by atoms with E-state index in [9.17, 15) is 0 Å². The molecule has 0 atom stereocenters. The first-order valence-electron chi connectivity index (χ1n) is 6.10. The monoisotopic (exact) mass is 225 g/mol. The van der Waals surface area contributed by atoms with Crippen LogP contribution in [0.25, 0.3) is 11.1 Å². The van der Waals surface area contributed by atoms with Crippen molar-refractivity contribution >= 4 is 0 Å². The zero-order valence-corrected chi connectivity index (χ0v) is 11.0. The van der Waals surface area contributed by atoms with E-state index in [1.54, 1.807) is 0 Å². The van der Waals surface area contributed by atoms with Crippen LogP contribution in [-0.4, -0.2) is 4.98 Å². The summed E-state index contributed by atoms with van der Waals surface area (Å²) in [5.74, 6) is 0.566. The summed E-state index contributed by atoms with van der Waals surface area (Å²) in [6.45, 7) is 8.74. The fourth-order valence-corrected chi connectivity index (χ4v) is 2.10. The Kier molecular flexibility index (Phi) is 3.28. The van der Waals surface area contributed by atoms with Crippen LogP contribution in [-0.2, 0) is 0 Å². The molecule has 0 aliphatic carbocycles. The number of aryl methyl sites for hydroxylation is 2. The Morgan fingerprint density at radius 2 is 1.82 bits per heavy atom. The maximum atomic E-state index is 4.15. The highest BCUT2D eigenvalue weighted by atomic mass is 14.6. The third-order valence-electron chi connectivity index (χ3n) is 3.10. The molecule has 0 saturated carbocycles. The van der Waals surface area contributed by atoms with E-state index in [0.717, 1.165) is 0 Å². The van der Waals surface area contributed by atoms with Crippen molar-refractivity contribution in [2.24, 2.45) is 0 Å². The number of hydrogen-bond donors (Lipinski definition) is 0. The van der Waals surface area contributed by atoms with E-state index in [1.807, 2.05) is 12.4 Å². The topological polar surface area (TPSA) is 12.9 Å². The van der Waals surface area contributed by atoms with Gasteiger partial charge in [0.2, 0.25) is 0 Å². The van der Waals surface area contributed by atoms with Gasteiger partial charge in [0.25, 0.3) is 0 Å². The molecule has 88 valence electrons. The van der Waals surface area contributed by atoms with E-state index in [2.05, 4.69) is 56.9 Å². The van der Waals surface area contributed by atoms with Crippen LogP contribution in [0.4, 0.5) is 0 Å². The standard InChI is InChI=1S/C16H19N/c1-11(2)14-7-12(3)8-15(9-14)16-5-6-17-10-13(16)4/h5-11H,1-4H3. The van der Waals surface area contributed by atoms with Crippen molar-refractivity contribution in [3.63, 3.8) is 0 Å². The summed E-state index contributed by atoms with van der Waals surface area (Å²) in [6.07, 6.45) is 3.78. The van der Waals surface area contributed by atoms with Crippen LogP contribution in [0.5, 0.6) is 0 Å². The molecular weight excluding hydrogens is 206 g/mol. The zero-order valence-electron chi connectivity index (χ0n) is 11.0. The lowest BCUT2D eigenvalue weighted by Gasteiger charge is -2.12. The zero-order chi connectivity index (χ0) is 12.4. The van der Waals surface area contributed by atoms with Gasteiger partial charge in [0.1, 0.15) is 0 Å². The van der Waals surface area contributed by atoms with Gasteiger partial charge in [0.05, 0.1) is 0 Å². The van der Waals surface area contributed by atoms with Crippen molar-refractivity contribution in [2.45, 2.75) is 33.6 Å². The number of nitrogens with zero attached hydrogens (tertiary/aromatic N) is 1. The molecule has 1 heteroatoms. The summed E-state index contributed by atoms with van der Waals surface area (Å²) in [6, 6.07) is 8.90. The van der Waals surface area contributed by atoms with Crippen molar-refractivity contribution in [2.75, 3.05) is 0 Å². The number of benzene rings is 1. The molecule has 17 heavy (non-hydrogen) atoms. The van der Waals surface area contributed by atoms with Crippen molar-refractivity contribution in [1.82, 2.24) is 4.98 Å². The minimum absolute atomic E-state index is 0.566. The van der Waals surface area contributed by atoms with Gasteiger partial charge in [-0.1, -0.05) is 37.6 Å². The molecule has 0 saturated heterocycles. The molecule has 2 rings (SSSR count). The normalized spacial score (nSPS) is 10.9. The molecule has 1 aromatic heterocycles. The number of pyridine rings is 1. The molecule has 0 fully saturated rings. The summed E-state index contributed by atoms with van der Waals surface area (Å²) in [5.41, 5.74) is 6.53. The van der Waals surface area contributed by atoms with Gasteiger partial charge in [-0.3, -0.25) is 4.98 Å².